The molecule has 1 aromatic carbocycles. The molecule has 3 heteroatoms. The van der Waals surface area contributed by atoms with Crippen molar-refractivity contribution in [1.82, 2.24) is 0 Å². The Balaban J connectivity index is 2.81. The first-order valence-electron chi connectivity index (χ1n) is 4.93. The number of ether oxygens (including phenoxy) is 1. The van der Waals surface area contributed by atoms with Crippen LogP contribution in [0.3, 0.4) is 0 Å². The van der Waals surface area contributed by atoms with E-state index in [1.165, 1.54) is 7.11 Å². The maximum Gasteiger partial charge on any atom is 0.338 e. The van der Waals surface area contributed by atoms with Crippen LogP contribution >= 0.6 is 11.8 Å². The Kier molecular flexibility index (Phi) is 4.69. The van der Waals surface area contributed by atoms with Crippen LogP contribution < -0.4 is 0 Å². The quantitative estimate of drug-likeness (QED) is 0.735. The molecule has 0 aliphatic heterocycles. The van der Waals surface area contributed by atoms with Crippen molar-refractivity contribution >= 4 is 17.7 Å². The highest BCUT2D eigenvalue weighted by Crippen LogP contribution is 2.20. The van der Waals surface area contributed by atoms with Gasteiger partial charge in [-0.1, -0.05) is 32.0 Å². The molecule has 0 bridgehead atoms. The number of carbonyl (C=O) groups excluding carboxylic acids is 1. The van der Waals surface area contributed by atoms with E-state index in [0.29, 0.717) is 10.8 Å². The van der Waals surface area contributed by atoms with Crippen LogP contribution in [0.5, 0.6) is 0 Å². The molecule has 1 aromatic rings. The highest BCUT2D eigenvalue weighted by atomic mass is 32.2. The van der Waals surface area contributed by atoms with Crippen LogP contribution in [0.4, 0.5) is 0 Å². The lowest BCUT2D eigenvalue weighted by Gasteiger charge is -2.08. The summed E-state index contributed by atoms with van der Waals surface area (Å²) in [5.41, 5.74) is 1.72. The van der Waals surface area contributed by atoms with Gasteiger partial charge < -0.3 is 4.74 Å². The molecule has 0 amide bonds. The molecular weight excluding hydrogens is 208 g/mol. The molecule has 0 radical (unpaired) electrons. The second-order valence-corrected chi connectivity index (χ2v) is 5.07. The minimum absolute atomic E-state index is 0.255. The topological polar surface area (TPSA) is 26.3 Å². The van der Waals surface area contributed by atoms with E-state index < -0.39 is 0 Å². The Morgan fingerprint density at radius 2 is 2.07 bits per heavy atom. The third kappa shape index (κ3) is 3.59. The van der Waals surface area contributed by atoms with Crippen LogP contribution in [0.15, 0.2) is 24.3 Å². The van der Waals surface area contributed by atoms with E-state index >= 15 is 0 Å². The van der Waals surface area contributed by atoms with Gasteiger partial charge >= 0.3 is 5.97 Å². The van der Waals surface area contributed by atoms with Crippen molar-refractivity contribution in [2.45, 2.75) is 24.9 Å². The van der Waals surface area contributed by atoms with Gasteiger partial charge in [-0.25, -0.2) is 4.79 Å². The van der Waals surface area contributed by atoms with E-state index in [1.54, 1.807) is 0 Å². The Labute approximate surface area is 95.0 Å². The number of hydrogen-bond acceptors (Lipinski definition) is 3. The normalized spacial score (nSPS) is 10.4. The van der Waals surface area contributed by atoms with Crippen LogP contribution in [0.25, 0.3) is 0 Å². The molecule has 0 aliphatic carbocycles. The largest absolute Gasteiger partial charge is 0.465 e. The van der Waals surface area contributed by atoms with E-state index in [2.05, 4.69) is 13.8 Å². The fraction of sp³-hybridized carbons (Fsp3) is 0.417. The third-order valence-electron chi connectivity index (χ3n) is 1.99. The fourth-order valence-corrected chi connectivity index (χ4v) is 1.98. The summed E-state index contributed by atoms with van der Waals surface area (Å²) in [5, 5.41) is 0.565. The van der Waals surface area contributed by atoms with Crippen molar-refractivity contribution in [3.05, 3.63) is 35.4 Å². The lowest BCUT2D eigenvalue weighted by molar-refractivity contribution is 0.0600. The van der Waals surface area contributed by atoms with E-state index in [9.17, 15) is 4.79 Å². The average Bonchev–Trinajstić information content (AvgIpc) is 2.25. The van der Waals surface area contributed by atoms with Gasteiger partial charge in [0.25, 0.3) is 0 Å². The zero-order valence-electron chi connectivity index (χ0n) is 9.32. The van der Waals surface area contributed by atoms with Crippen LogP contribution in [0, 0.1) is 0 Å². The number of methoxy groups -OCH3 is 1. The highest BCUT2D eigenvalue weighted by Gasteiger charge is 2.10. The van der Waals surface area contributed by atoms with Crippen LogP contribution in [0.2, 0.25) is 0 Å². The van der Waals surface area contributed by atoms with Gasteiger partial charge in [0.2, 0.25) is 0 Å². The number of thioether (sulfide) groups is 1. The Bertz CT molecular complexity index is 334. The smallest absolute Gasteiger partial charge is 0.338 e. The van der Waals surface area contributed by atoms with Gasteiger partial charge in [0, 0.05) is 5.75 Å². The Morgan fingerprint density at radius 1 is 1.40 bits per heavy atom. The van der Waals surface area contributed by atoms with Gasteiger partial charge in [0.1, 0.15) is 0 Å². The zero-order valence-corrected chi connectivity index (χ0v) is 10.1. The molecule has 2 nitrogen and oxygen atoms in total. The molecule has 0 N–H and O–H groups in total. The standard InChI is InChI=1S/C12H16O2S/c1-9(2)15-8-10-6-4-5-7-11(10)12(13)14-3/h4-7,9H,8H2,1-3H3. The number of rotatable bonds is 4. The molecule has 0 saturated heterocycles. The van der Waals surface area contributed by atoms with E-state index in [0.717, 1.165) is 11.3 Å². The van der Waals surface area contributed by atoms with Crippen LogP contribution in [-0.2, 0) is 10.5 Å². The molecule has 0 fully saturated rings. The molecule has 0 heterocycles. The molecule has 82 valence electrons. The summed E-state index contributed by atoms with van der Waals surface area (Å²) in [6.45, 7) is 4.29. The number of esters is 1. The monoisotopic (exact) mass is 224 g/mol. The molecule has 0 aromatic heterocycles. The third-order valence-corrected chi connectivity index (χ3v) is 3.14. The Morgan fingerprint density at radius 3 is 2.67 bits per heavy atom. The van der Waals surface area contributed by atoms with Gasteiger partial charge in [-0.05, 0) is 16.9 Å². The summed E-state index contributed by atoms with van der Waals surface area (Å²) in [6, 6.07) is 7.59. The lowest BCUT2D eigenvalue weighted by Crippen LogP contribution is -2.05. The summed E-state index contributed by atoms with van der Waals surface area (Å²) in [6.07, 6.45) is 0. The van der Waals surface area contributed by atoms with Crippen molar-refractivity contribution in [1.29, 1.82) is 0 Å². The fourth-order valence-electron chi connectivity index (χ4n) is 1.21. The summed E-state index contributed by atoms with van der Waals surface area (Å²) in [7, 11) is 1.41. The molecule has 0 spiro atoms. The minimum atomic E-state index is -0.255. The first-order valence-corrected chi connectivity index (χ1v) is 5.98. The van der Waals surface area contributed by atoms with E-state index in [-0.39, 0.29) is 5.97 Å². The average molecular weight is 224 g/mol. The van der Waals surface area contributed by atoms with Gasteiger partial charge in [0.05, 0.1) is 12.7 Å². The minimum Gasteiger partial charge on any atom is -0.465 e. The van der Waals surface area contributed by atoms with Crippen molar-refractivity contribution in [3.63, 3.8) is 0 Å². The van der Waals surface area contributed by atoms with Crippen LogP contribution in [-0.4, -0.2) is 18.3 Å². The summed E-state index contributed by atoms with van der Waals surface area (Å²) in [5.74, 6) is 0.595. The van der Waals surface area contributed by atoms with Gasteiger partial charge in [-0.3, -0.25) is 0 Å². The second-order valence-electron chi connectivity index (χ2n) is 3.51. The second kappa shape index (κ2) is 5.81. The van der Waals surface area contributed by atoms with Crippen LogP contribution in [0.1, 0.15) is 29.8 Å². The highest BCUT2D eigenvalue weighted by molar-refractivity contribution is 7.99. The molecule has 0 aliphatic rings. The molecule has 0 unspecified atom stereocenters. The summed E-state index contributed by atoms with van der Waals surface area (Å²) < 4.78 is 4.74. The molecule has 0 atom stereocenters. The van der Waals surface area contributed by atoms with E-state index in [1.807, 2.05) is 36.0 Å². The van der Waals surface area contributed by atoms with Gasteiger partial charge in [-0.2, -0.15) is 11.8 Å². The predicted molar refractivity (Wildman–Crippen MR) is 64.2 cm³/mol. The van der Waals surface area contributed by atoms with E-state index in [4.69, 9.17) is 4.74 Å². The number of benzene rings is 1. The molecule has 15 heavy (non-hydrogen) atoms. The molecule has 1 rings (SSSR count). The van der Waals surface area contributed by atoms with Crippen molar-refractivity contribution in [3.8, 4) is 0 Å². The predicted octanol–water partition coefficient (Wildman–Crippen LogP) is 3.11. The van der Waals surface area contributed by atoms with Crippen molar-refractivity contribution in [2.75, 3.05) is 7.11 Å². The van der Waals surface area contributed by atoms with Crippen molar-refractivity contribution in [2.24, 2.45) is 0 Å². The molecule has 0 saturated carbocycles. The number of hydrogen-bond donors (Lipinski definition) is 0. The zero-order chi connectivity index (χ0) is 11.3. The SMILES string of the molecule is COC(=O)c1ccccc1CSC(C)C. The van der Waals surface area contributed by atoms with Crippen molar-refractivity contribution < 1.29 is 9.53 Å². The first-order chi connectivity index (χ1) is 7.15. The lowest BCUT2D eigenvalue weighted by atomic mass is 10.1. The molecular formula is C12H16O2S. The van der Waals surface area contributed by atoms with Gasteiger partial charge in [0.15, 0.2) is 0 Å². The maximum absolute atomic E-state index is 11.4. The maximum atomic E-state index is 11.4. The summed E-state index contributed by atoms with van der Waals surface area (Å²) in [4.78, 5) is 11.4. The number of carbonyl (C=O) groups is 1. The Hall–Kier alpha value is -0.960. The summed E-state index contributed by atoms with van der Waals surface area (Å²) >= 11 is 1.82. The first kappa shape index (κ1) is 12.1. The van der Waals surface area contributed by atoms with Gasteiger partial charge in [-0.15, -0.1) is 0 Å².